The highest BCUT2D eigenvalue weighted by Gasteiger charge is 2.08. The molecule has 0 radical (unpaired) electrons. The van der Waals surface area contributed by atoms with Crippen LogP contribution in [0.25, 0.3) is 0 Å². The molecule has 0 aliphatic heterocycles. The number of nitrogen functional groups attached to an aromatic ring is 1. The van der Waals surface area contributed by atoms with Gasteiger partial charge in [-0.3, -0.25) is 0 Å². The summed E-state index contributed by atoms with van der Waals surface area (Å²) in [5, 5.41) is 3.27. The Kier molecular flexibility index (Phi) is 5.08. The molecule has 132 valence electrons. The first-order valence-electron chi connectivity index (χ1n) is 8.28. The van der Waals surface area contributed by atoms with Crippen molar-refractivity contribution in [1.82, 2.24) is 4.98 Å². The predicted octanol–water partition coefficient (Wildman–Crippen LogP) is 4.78. The van der Waals surface area contributed by atoms with Crippen LogP contribution >= 0.6 is 0 Å². The number of para-hydroxylation sites is 2. The lowest BCUT2D eigenvalue weighted by Crippen LogP contribution is -2.22. The Morgan fingerprint density at radius 2 is 1.81 bits per heavy atom. The summed E-state index contributed by atoms with van der Waals surface area (Å²) in [4.78, 5) is 6.15. The maximum Gasteiger partial charge on any atom is 0.222 e. The van der Waals surface area contributed by atoms with Crippen LogP contribution in [-0.2, 0) is 0 Å². The van der Waals surface area contributed by atoms with Crippen molar-refractivity contribution in [3.8, 4) is 11.6 Å². The summed E-state index contributed by atoms with van der Waals surface area (Å²) < 4.78 is 5.81. The van der Waals surface area contributed by atoms with E-state index in [0.29, 0.717) is 11.6 Å². The third-order valence-electron chi connectivity index (χ3n) is 4.02. The van der Waals surface area contributed by atoms with Gasteiger partial charge in [-0.25, -0.2) is 4.98 Å². The number of nitrogens with one attached hydrogen (secondary N) is 1. The van der Waals surface area contributed by atoms with Crippen molar-refractivity contribution in [3.63, 3.8) is 0 Å². The Bertz CT molecular complexity index is 906. The third-order valence-corrected chi connectivity index (χ3v) is 4.02. The SMILES string of the molecule is C=C(Nc1ccc(Oc2ncccc2C)cc1)N(C)c1ccccc1N. The predicted molar refractivity (Wildman–Crippen MR) is 108 cm³/mol. The van der Waals surface area contributed by atoms with Crippen molar-refractivity contribution in [2.24, 2.45) is 0 Å². The minimum Gasteiger partial charge on any atom is -0.439 e. The molecular weight excluding hydrogens is 324 g/mol. The van der Waals surface area contributed by atoms with Gasteiger partial charge in [0.25, 0.3) is 0 Å². The van der Waals surface area contributed by atoms with Crippen molar-refractivity contribution >= 4 is 17.1 Å². The topological polar surface area (TPSA) is 63.4 Å². The molecule has 3 aromatic rings. The Hall–Kier alpha value is -3.47. The van der Waals surface area contributed by atoms with Gasteiger partial charge in [0.1, 0.15) is 11.6 Å². The minimum absolute atomic E-state index is 0.608. The highest BCUT2D eigenvalue weighted by molar-refractivity contribution is 5.70. The first-order valence-corrected chi connectivity index (χ1v) is 8.28. The highest BCUT2D eigenvalue weighted by atomic mass is 16.5. The van der Waals surface area contributed by atoms with Gasteiger partial charge in [-0.15, -0.1) is 0 Å². The number of benzene rings is 2. The first kappa shape index (κ1) is 17.4. The summed E-state index contributed by atoms with van der Waals surface area (Å²) >= 11 is 0. The lowest BCUT2D eigenvalue weighted by Gasteiger charge is -2.24. The molecule has 26 heavy (non-hydrogen) atoms. The van der Waals surface area contributed by atoms with Gasteiger partial charge in [0.05, 0.1) is 11.4 Å². The number of nitrogens with two attached hydrogens (primary N) is 1. The van der Waals surface area contributed by atoms with Crippen LogP contribution in [0.4, 0.5) is 17.1 Å². The summed E-state index contributed by atoms with van der Waals surface area (Å²) in [6.07, 6.45) is 1.72. The van der Waals surface area contributed by atoms with E-state index < -0.39 is 0 Å². The number of anilines is 3. The van der Waals surface area contributed by atoms with Gasteiger partial charge in [-0.05, 0) is 49.4 Å². The number of hydrogen-bond acceptors (Lipinski definition) is 5. The van der Waals surface area contributed by atoms with Gasteiger partial charge in [-0.1, -0.05) is 24.8 Å². The van der Waals surface area contributed by atoms with Gasteiger partial charge >= 0.3 is 0 Å². The van der Waals surface area contributed by atoms with E-state index in [9.17, 15) is 0 Å². The number of hydrogen-bond donors (Lipinski definition) is 2. The average molecular weight is 346 g/mol. The van der Waals surface area contributed by atoms with Crippen LogP contribution in [0.3, 0.4) is 0 Å². The Morgan fingerprint density at radius 1 is 1.08 bits per heavy atom. The molecule has 5 nitrogen and oxygen atoms in total. The molecule has 1 heterocycles. The molecule has 0 aliphatic carbocycles. The third kappa shape index (κ3) is 3.95. The lowest BCUT2D eigenvalue weighted by atomic mass is 10.2. The van der Waals surface area contributed by atoms with Gasteiger partial charge in [0, 0.05) is 24.5 Å². The van der Waals surface area contributed by atoms with Gasteiger partial charge in [0.2, 0.25) is 5.88 Å². The van der Waals surface area contributed by atoms with Crippen LogP contribution in [0.1, 0.15) is 5.56 Å². The summed E-state index contributed by atoms with van der Waals surface area (Å²) in [5.74, 6) is 2.05. The molecule has 5 heteroatoms. The van der Waals surface area contributed by atoms with Crippen molar-refractivity contribution < 1.29 is 4.74 Å². The molecule has 2 aromatic carbocycles. The summed E-state index contributed by atoms with van der Waals surface area (Å²) in [6, 6.07) is 19.2. The molecule has 0 saturated carbocycles. The summed E-state index contributed by atoms with van der Waals surface area (Å²) in [5.41, 5.74) is 9.52. The van der Waals surface area contributed by atoms with Gasteiger partial charge in [-0.2, -0.15) is 0 Å². The van der Waals surface area contributed by atoms with E-state index in [1.165, 1.54) is 0 Å². The zero-order valence-electron chi connectivity index (χ0n) is 14.9. The second-order valence-electron chi connectivity index (χ2n) is 5.94. The fourth-order valence-corrected chi connectivity index (χ4v) is 2.48. The van der Waals surface area contributed by atoms with E-state index in [1.54, 1.807) is 6.20 Å². The van der Waals surface area contributed by atoms with E-state index in [4.69, 9.17) is 10.5 Å². The van der Waals surface area contributed by atoms with Gasteiger partial charge < -0.3 is 20.7 Å². The first-order chi connectivity index (χ1) is 12.5. The number of ether oxygens (including phenoxy) is 1. The molecule has 0 fully saturated rings. The van der Waals surface area contributed by atoms with Crippen molar-refractivity contribution in [2.45, 2.75) is 6.92 Å². The number of rotatable bonds is 6. The van der Waals surface area contributed by atoms with Crippen LogP contribution in [0, 0.1) is 6.92 Å². The molecule has 0 spiro atoms. The molecule has 3 N–H and O–H groups in total. The number of aryl methyl sites for hydroxylation is 1. The van der Waals surface area contributed by atoms with E-state index in [1.807, 2.05) is 79.5 Å². The van der Waals surface area contributed by atoms with E-state index in [-0.39, 0.29) is 0 Å². The number of nitrogens with zero attached hydrogens (tertiary/aromatic N) is 2. The fraction of sp³-hybridized carbons (Fsp3) is 0.0952. The Morgan fingerprint density at radius 3 is 2.50 bits per heavy atom. The minimum atomic E-state index is 0.608. The molecule has 0 saturated heterocycles. The molecule has 0 bridgehead atoms. The highest BCUT2D eigenvalue weighted by Crippen LogP contribution is 2.26. The van der Waals surface area contributed by atoms with E-state index in [0.717, 1.165) is 28.5 Å². The largest absolute Gasteiger partial charge is 0.439 e. The summed E-state index contributed by atoms with van der Waals surface area (Å²) in [6.45, 7) is 6.05. The fourth-order valence-electron chi connectivity index (χ4n) is 2.48. The molecule has 1 aromatic heterocycles. The second kappa shape index (κ2) is 7.61. The molecule has 0 unspecified atom stereocenters. The monoisotopic (exact) mass is 346 g/mol. The quantitative estimate of drug-likeness (QED) is 0.629. The van der Waals surface area contributed by atoms with Crippen LogP contribution in [-0.4, -0.2) is 12.0 Å². The Labute approximate surface area is 153 Å². The van der Waals surface area contributed by atoms with Crippen LogP contribution in [0.5, 0.6) is 11.6 Å². The Balaban J connectivity index is 1.66. The molecule has 0 amide bonds. The zero-order valence-corrected chi connectivity index (χ0v) is 14.9. The molecule has 0 atom stereocenters. The standard InChI is InChI=1S/C21H22N4O/c1-15-7-6-14-23-21(15)26-18-12-10-17(11-13-18)24-16(2)25(3)20-9-5-4-8-19(20)22/h4-14,24H,2,22H2,1,3H3. The number of aromatic nitrogens is 1. The normalized spacial score (nSPS) is 10.2. The van der Waals surface area contributed by atoms with Crippen LogP contribution < -0.4 is 20.7 Å². The zero-order chi connectivity index (χ0) is 18.5. The van der Waals surface area contributed by atoms with Crippen LogP contribution in [0.2, 0.25) is 0 Å². The van der Waals surface area contributed by atoms with Gasteiger partial charge in [0.15, 0.2) is 0 Å². The smallest absolute Gasteiger partial charge is 0.222 e. The summed E-state index contributed by atoms with van der Waals surface area (Å²) in [7, 11) is 1.92. The molecule has 0 aliphatic rings. The maximum atomic E-state index is 6.02. The van der Waals surface area contributed by atoms with Crippen molar-refractivity contribution in [1.29, 1.82) is 0 Å². The lowest BCUT2D eigenvalue weighted by molar-refractivity contribution is 0.459. The second-order valence-corrected chi connectivity index (χ2v) is 5.94. The van der Waals surface area contributed by atoms with Crippen molar-refractivity contribution in [2.75, 3.05) is 23.0 Å². The van der Waals surface area contributed by atoms with Crippen LogP contribution in [0.15, 0.2) is 79.3 Å². The molecule has 3 rings (SSSR count). The molecular formula is C21H22N4O. The van der Waals surface area contributed by atoms with E-state index >= 15 is 0 Å². The number of pyridine rings is 1. The average Bonchev–Trinajstić information content (AvgIpc) is 2.65. The van der Waals surface area contributed by atoms with E-state index in [2.05, 4.69) is 16.9 Å². The maximum absolute atomic E-state index is 6.02. The van der Waals surface area contributed by atoms with Crippen molar-refractivity contribution in [3.05, 3.63) is 84.8 Å².